The van der Waals surface area contributed by atoms with E-state index in [-0.39, 0.29) is 105 Å². The molecule has 4 unspecified atom stereocenters. The van der Waals surface area contributed by atoms with Crippen molar-refractivity contribution in [3.63, 3.8) is 0 Å². The fourth-order valence-corrected chi connectivity index (χ4v) is 33.1. The SMILES string of the molecule is CC1=C(c2cccnc2)[C@@]2(C)CC[C@H]3[C@@H]([C@@H](O)CC4C[C@@H](O)CC[C@@]43C)[C@@H]2C1.CC1=C(c2cccnc2)[C@@]2(CO)CC[C@H]3[C@@H]([C@@H](O)CC4C[C@@H](O)CC[C@@]43C)[C@@H]2C1.CC[C@]12CC[C@H]3[C@@H]([C@@H](O)CC4C[C@@H](O)CC[C@@]43C)[C@@H]1CC(C)=C2c1cccnc1.COC1=C(c2cccnc2)[C@@]2(C)CC[C@H]3[C@@H]([C@@H](O)CC4C[C@@H](O)CC[C@@]43C)[C@@H]2C1. The smallest absolute Gasteiger partial charge is 0.100 e. The molecule has 0 radical (unpaired) electrons. The first-order chi connectivity index (χ1) is 55.0. The van der Waals surface area contributed by atoms with Gasteiger partial charge < -0.3 is 50.7 Å². The second kappa shape index (κ2) is 31.2. The Balaban J connectivity index is 0.000000111. The Morgan fingerprint density at radius 2 is 0.643 bits per heavy atom. The second-order valence-corrected chi connectivity index (χ2v) is 43.0. The zero-order chi connectivity index (χ0) is 80.8. The second-order valence-electron chi connectivity index (χ2n) is 43.0. The summed E-state index contributed by atoms with van der Waals surface area (Å²) in [5.74, 6) is 8.20. The lowest BCUT2D eigenvalue weighted by molar-refractivity contribution is -0.169. The van der Waals surface area contributed by atoms with Gasteiger partial charge in [-0.2, -0.15) is 0 Å². The molecule has 20 rings (SSSR count). The lowest BCUT2D eigenvalue weighted by Crippen LogP contribution is -2.59. The number of pyridine rings is 4. The van der Waals surface area contributed by atoms with E-state index < -0.39 is 0 Å². The lowest BCUT2D eigenvalue weighted by Gasteiger charge is -2.62. The molecule has 4 heterocycles. The number of ether oxygens (including phenoxy) is 1. The molecule has 4 aromatic heterocycles. The van der Waals surface area contributed by atoms with Gasteiger partial charge in [0.1, 0.15) is 5.76 Å². The highest BCUT2D eigenvalue weighted by Crippen LogP contribution is 2.75. The fraction of sp³-hybridized carbons (Fsp3) is 0.723. The van der Waals surface area contributed by atoms with E-state index in [1.54, 1.807) is 13.3 Å². The average Bonchev–Trinajstić information content (AvgIpc) is 1.63. The lowest BCUT2D eigenvalue weighted by atomic mass is 9.43. The Hall–Kier alpha value is -5.00. The average molecular weight is 1570 g/mol. The van der Waals surface area contributed by atoms with Gasteiger partial charge in [-0.1, -0.05) is 89.5 Å². The summed E-state index contributed by atoms with van der Waals surface area (Å²) >= 11 is 0. The number of allylic oxidation sites excluding steroid dienone is 7. The molecule has 115 heavy (non-hydrogen) atoms. The van der Waals surface area contributed by atoms with Crippen molar-refractivity contribution in [3.8, 4) is 0 Å². The van der Waals surface area contributed by atoms with Crippen LogP contribution in [0.25, 0.3) is 22.3 Å². The third-order valence-corrected chi connectivity index (χ3v) is 38.5. The van der Waals surface area contributed by atoms with E-state index in [1.807, 2.05) is 61.6 Å². The van der Waals surface area contributed by atoms with Gasteiger partial charge in [-0.15, -0.1) is 0 Å². The van der Waals surface area contributed by atoms with Gasteiger partial charge in [-0.25, -0.2) is 0 Å². The van der Waals surface area contributed by atoms with Gasteiger partial charge >= 0.3 is 0 Å². The van der Waals surface area contributed by atoms with Crippen LogP contribution in [0.1, 0.15) is 278 Å². The highest BCUT2D eigenvalue weighted by atomic mass is 16.5. The molecule has 12 saturated carbocycles. The van der Waals surface area contributed by atoms with Crippen LogP contribution < -0.4 is 0 Å². The van der Waals surface area contributed by atoms with E-state index in [9.17, 15) is 46.0 Å². The van der Waals surface area contributed by atoms with Crippen molar-refractivity contribution < 1.29 is 50.7 Å². The van der Waals surface area contributed by atoms with Gasteiger partial charge in [-0.05, 0) is 391 Å². The Labute approximate surface area is 687 Å². The molecule has 9 N–H and O–H groups in total. The minimum Gasteiger partial charge on any atom is -0.501 e. The number of aliphatic hydroxyl groups excluding tert-OH is 9. The van der Waals surface area contributed by atoms with E-state index in [4.69, 9.17) is 4.74 Å². The number of hydrogen-bond donors (Lipinski definition) is 9. The monoisotopic (exact) mass is 1570 g/mol. The maximum Gasteiger partial charge on any atom is 0.100 e. The first-order valence-electron chi connectivity index (χ1n) is 46.1. The van der Waals surface area contributed by atoms with E-state index >= 15 is 0 Å². The Bertz CT molecular complexity index is 4150. The van der Waals surface area contributed by atoms with Gasteiger partial charge in [0.2, 0.25) is 0 Å². The van der Waals surface area contributed by atoms with Crippen LogP contribution in [0, 0.1) is 138 Å². The normalized spacial score (nSPS) is 47.1. The van der Waals surface area contributed by atoms with Gasteiger partial charge in [-0.3, -0.25) is 19.9 Å². The number of methoxy groups -OCH3 is 1. The molecule has 14 nitrogen and oxygen atoms in total. The van der Waals surface area contributed by atoms with E-state index in [1.165, 1.54) is 81.4 Å². The van der Waals surface area contributed by atoms with Crippen molar-refractivity contribution in [2.24, 2.45) is 138 Å². The number of fused-ring (bicyclic) bond motifs is 20. The number of aromatic nitrogens is 4. The first-order valence-corrected chi connectivity index (χ1v) is 46.1. The number of hydrogen-bond acceptors (Lipinski definition) is 14. The maximum absolute atomic E-state index is 11.4. The minimum atomic E-state index is -0.333. The molecule has 4 aromatic rings. The summed E-state index contributed by atoms with van der Waals surface area (Å²) in [5, 5.41) is 97.2. The molecule has 0 aromatic carbocycles. The predicted octanol–water partition coefficient (Wildman–Crippen LogP) is 18.3. The van der Waals surface area contributed by atoms with Crippen molar-refractivity contribution in [3.05, 3.63) is 143 Å². The summed E-state index contributed by atoms with van der Waals surface area (Å²) in [6.45, 7) is 24.1. The third kappa shape index (κ3) is 13.2. The number of rotatable bonds is 7. The third-order valence-electron chi connectivity index (χ3n) is 38.5. The molecule has 14 heteroatoms. The Morgan fingerprint density at radius 3 is 0.991 bits per heavy atom. The van der Waals surface area contributed by atoms with Crippen LogP contribution >= 0.6 is 0 Å². The topological polar surface area (TPSA) is 243 Å². The van der Waals surface area contributed by atoms with Crippen LogP contribution in [0.2, 0.25) is 0 Å². The van der Waals surface area contributed by atoms with Gasteiger partial charge in [0.25, 0.3) is 0 Å². The highest BCUT2D eigenvalue weighted by Gasteiger charge is 2.68. The standard InChI is InChI=1S/C26H37NO2.2C25H35NO3.C25H35NO2/c1-4-26-10-8-20-23(22(29)14-18-13-19(28)7-9-25(18,20)3)21(26)12-16(2)24(26)17-6-5-11-27-15-17;1-24-8-6-17(27)11-16(24)12-20(28)22-18(24)7-9-25(2)19(22)13-21(29-3)23(25)15-5-4-10-26-14-15;1-15-10-20-22-19(24(2)7-5-18(28)11-17(24)12-21(22)29)6-8-25(20,14-27)23(15)16-4-3-9-26-13-16;1-15-11-20-22-19(24(2)8-6-18(27)12-17(24)13-21(22)28)7-9-25(20,3)23(15)16-5-4-10-26-14-16/h5-6,11,15,18-23,28-29H,4,7-10,12-14H2,1-3H3;4-5,10,14,16-20,22,27-28H,6-9,11-13H2,1-3H3;3-4,9,13,17-22,27-29H,5-8,10-12,14H2,1-2H3;4-5,10,14,17-22,27-28H,6-9,11-13H2,1-3H3/t18?,19-,20-,21-,22-,23+,25-,26-;16?,17-,18-,19-,20-,22+,24-,25-;17?,18-,19-,20-,21-,22+,24-,25+;17?,18-,19-,20-,21-,22+,24-,25-/m0000/s1. The van der Waals surface area contributed by atoms with Crippen molar-refractivity contribution in [2.45, 2.75) is 304 Å². The molecule has 32 atom stereocenters. The number of aliphatic hydroxyl groups is 9. The zero-order valence-corrected chi connectivity index (χ0v) is 71.5. The van der Waals surface area contributed by atoms with Crippen molar-refractivity contribution in [1.82, 2.24) is 19.9 Å². The molecule has 0 spiro atoms. The molecular weight excluding hydrogens is 1430 g/mol. The summed E-state index contributed by atoms with van der Waals surface area (Å²) in [6.07, 6.45) is 42.9. The summed E-state index contributed by atoms with van der Waals surface area (Å²) in [4.78, 5) is 17.5. The Kier molecular flexibility index (Phi) is 22.3. The van der Waals surface area contributed by atoms with Crippen molar-refractivity contribution in [2.75, 3.05) is 13.7 Å². The number of nitrogens with zero attached hydrogens (tertiary/aromatic N) is 4. The van der Waals surface area contributed by atoms with Crippen LogP contribution in [0.4, 0.5) is 0 Å². The highest BCUT2D eigenvalue weighted by molar-refractivity contribution is 5.78. The summed E-state index contributed by atoms with van der Waals surface area (Å²) in [6, 6.07) is 16.8. The van der Waals surface area contributed by atoms with Gasteiger partial charge in [0.05, 0.1) is 62.5 Å². The molecule has 16 aliphatic rings. The van der Waals surface area contributed by atoms with Crippen molar-refractivity contribution >= 4 is 22.3 Å². The Morgan fingerprint density at radius 1 is 0.348 bits per heavy atom. The van der Waals surface area contributed by atoms with Crippen LogP contribution in [0.15, 0.2) is 121 Å². The first kappa shape index (κ1) is 82.3. The van der Waals surface area contributed by atoms with Crippen LogP contribution in [0.3, 0.4) is 0 Å². The van der Waals surface area contributed by atoms with E-state index in [0.717, 1.165) is 172 Å². The molecule has 16 aliphatic carbocycles. The molecule has 0 aliphatic heterocycles. The molecular formula is C101H142N4O10. The molecule has 0 bridgehead atoms. The van der Waals surface area contributed by atoms with Crippen LogP contribution in [-0.2, 0) is 4.74 Å². The molecule has 0 saturated heterocycles. The summed E-state index contributed by atoms with van der Waals surface area (Å²) in [5.41, 5.74) is 16.0. The fourth-order valence-electron chi connectivity index (χ4n) is 33.1. The largest absolute Gasteiger partial charge is 0.501 e. The van der Waals surface area contributed by atoms with Crippen LogP contribution in [0.5, 0.6) is 0 Å². The van der Waals surface area contributed by atoms with Gasteiger partial charge in [0.15, 0.2) is 0 Å². The zero-order valence-electron chi connectivity index (χ0n) is 71.5. The quantitative estimate of drug-likeness (QED) is 0.0836. The molecule has 0 amide bonds. The van der Waals surface area contributed by atoms with Crippen molar-refractivity contribution in [1.29, 1.82) is 0 Å². The molecule has 626 valence electrons. The van der Waals surface area contributed by atoms with E-state index in [0.29, 0.717) is 88.8 Å². The molecule has 12 fully saturated rings. The minimum absolute atomic E-state index is 0.0217. The van der Waals surface area contributed by atoms with Gasteiger partial charge in [0, 0.05) is 72.4 Å². The predicted molar refractivity (Wildman–Crippen MR) is 453 cm³/mol. The summed E-state index contributed by atoms with van der Waals surface area (Å²) < 4.78 is 5.93. The maximum atomic E-state index is 11.4. The van der Waals surface area contributed by atoms with Crippen LogP contribution in [-0.4, -0.2) is 128 Å². The summed E-state index contributed by atoms with van der Waals surface area (Å²) in [7, 11) is 1.79. The van der Waals surface area contributed by atoms with E-state index in [2.05, 4.69) is 120 Å².